The van der Waals surface area contributed by atoms with Crippen LogP contribution in [0.25, 0.3) is 0 Å². The lowest BCUT2D eigenvalue weighted by Crippen LogP contribution is -2.41. The van der Waals surface area contributed by atoms with Gasteiger partial charge in [-0.3, -0.25) is 9.10 Å². The first-order valence-corrected chi connectivity index (χ1v) is 13.8. The van der Waals surface area contributed by atoms with Gasteiger partial charge in [0.25, 0.3) is 0 Å². The minimum atomic E-state index is -3.17. The fraction of sp³-hybridized carbons (Fsp3) is 0.650. The van der Waals surface area contributed by atoms with Crippen molar-refractivity contribution in [2.45, 2.75) is 36.2 Å². The summed E-state index contributed by atoms with van der Waals surface area (Å²) in [5.74, 6) is 4.30. The number of benzene rings is 1. The van der Waals surface area contributed by atoms with Crippen LogP contribution in [0, 0.1) is 17.8 Å². The van der Waals surface area contributed by atoms with E-state index in [-0.39, 0.29) is 17.6 Å². The second kappa shape index (κ2) is 7.13. The Hall–Kier alpha value is -0.860. The number of hydrogen-bond acceptors (Lipinski definition) is 5. The molecule has 1 amide bonds. The highest BCUT2D eigenvalue weighted by atomic mass is 32.2. The molecule has 1 aromatic carbocycles. The van der Waals surface area contributed by atoms with Gasteiger partial charge in [-0.1, -0.05) is 0 Å². The van der Waals surface area contributed by atoms with Crippen molar-refractivity contribution in [3.05, 3.63) is 24.3 Å². The number of carbonyl (C=O) groups excluding carboxylic acids is 1. The molecular weight excluding hydrogens is 412 g/mol. The second-order valence-electron chi connectivity index (χ2n) is 8.34. The van der Waals surface area contributed by atoms with Gasteiger partial charge in [0.2, 0.25) is 15.9 Å². The molecule has 8 heteroatoms. The van der Waals surface area contributed by atoms with Gasteiger partial charge in [-0.2, -0.15) is 0 Å². The van der Waals surface area contributed by atoms with Crippen LogP contribution in [0.4, 0.5) is 11.4 Å². The number of amides is 1. The maximum absolute atomic E-state index is 12.9. The lowest BCUT2D eigenvalue weighted by atomic mass is 9.79. The Morgan fingerprint density at radius 2 is 1.71 bits per heavy atom. The van der Waals surface area contributed by atoms with Gasteiger partial charge in [0.15, 0.2) is 0 Å². The molecule has 5 nitrogen and oxygen atoms in total. The van der Waals surface area contributed by atoms with Crippen LogP contribution in [0.3, 0.4) is 0 Å². The van der Waals surface area contributed by atoms with Crippen LogP contribution in [-0.4, -0.2) is 42.2 Å². The molecule has 1 aromatic rings. The van der Waals surface area contributed by atoms with Crippen LogP contribution in [0.2, 0.25) is 0 Å². The number of thioether (sulfide) groups is 2. The first kappa shape index (κ1) is 19.1. The number of nitrogens with zero attached hydrogens (tertiary/aromatic N) is 1. The van der Waals surface area contributed by atoms with E-state index in [1.807, 2.05) is 12.1 Å². The average Bonchev–Trinajstić information content (AvgIpc) is 3.33. The highest BCUT2D eigenvalue weighted by Gasteiger charge is 2.57. The number of carbonyl (C=O) groups is 1. The van der Waals surface area contributed by atoms with Gasteiger partial charge in [-0.15, -0.1) is 23.5 Å². The smallest absolute Gasteiger partial charge is 0.235 e. The lowest BCUT2D eigenvalue weighted by molar-refractivity contribution is -0.121. The number of hydrogen-bond donors (Lipinski definition) is 1. The third kappa shape index (κ3) is 3.16. The van der Waals surface area contributed by atoms with Crippen molar-refractivity contribution in [3.63, 3.8) is 0 Å². The molecule has 4 fully saturated rings. The molecule has 2 saturated carbocycles. The molecule has 0 radical (unpaired) electrons. The van der Waals surface area contributed by atoms with Crippen molar-refractivity contribution in [1.29, 1.82) is 0 Å². The van der Waals surface area contributed by atoms with Crippen LogP contribution >= 0.6 is 23.5 Å². The summed E-state index contributed by atoms with van der Waals surface area (Å²) in [4.78, 5) is 12.9. The third-order valence-corrected chi connectivity index (χ3v) is 12.7. The van der Waals surface area contributed by atoms with Gasteiger partial charge in [0, 0.05) is 29.7 Å². The van der Waals surface area contributed by atoms with Crippen molar-refractivity contribution >= 4 is 50.8 Å². The summed E-state index contributed by atoms with van der Waals surface area (Å²) >= 11 is 4.31. The van der Waals surface area contributed by atoms with Crippen LogP contribution in [-0.2, 0) is 14.8 Å². The van der Waals surface area contributed by atoms with Gasteiger partial charge in [-0.25, -0.2) is 8.42 Å². The molecule has 2 aliphatic heterocycles. The molecule has 2 unspecified atom stereocenters. The van der Waals surface area contributed by atoms with Gasteiger partial charge in [-0.05, 0) is 68.2 Å². The number of anilines is 2. The molecule has 2 aliphatic carbocycles. The zero-order valence-electron chi connectivity index (χ0n) is 15.8. The zero-order chi connectivity index (χ0) is 19.4. The van der Waals surface area contributed by atoms with E-state index in [0.29, 0.717) is 34.6 Å². The Balaban J connectivity index is 1.24. The summed E-state index contributed by atoms with van der Waals surface area (Å²) in [6.07, 6.45) is 5.22. The highest BCUT2D eigenvalue weighted by Crippen LogP contribution is 2.65. The molecule has 152 valence electrons. The molecule has 2 heterocycles. The molecule has 5 rings (SSSR count). The fourth-order valence-electron chi connectivity index (χ4n) is 5.50. The largest absolute Gasteiger partial charge is 0.326 e. The predicted molar refractivity (Wildman–Crippen MR) is 117 cm³/mol. The van der Waals surface area contributed by atoms with Gasteiger partial charge >= 0.3 is 0 Å². The van der Waals surface area contributed by atoms with Crippen LogP contribution in [0.5, 0.6) is 0 Å². The summed E-state index contributed by atoms with van der Waals surface area (Å²) < 4.78 is 26.0. The Morgan fingerprint density at radius 1 is 1.07 bits per heavy atom. The minimum absolute atomic E-state index is 0.101. The molecule has 2 saturated heterocycles. The standard InChI is InChI=1S/C20H26N2O3S3/c23-19(14-12-15-2-3-16(13-14)20(15)26-9-10-27-20)21-17-4-6-18(7-5-17)22-8-1-11-28(22,24)25/h4-7,14-16H,1-3,8-13H2,(H,21,23). The monoisotopic (exact) mass is 438 g/mol. The summed E-state index contributed by atoms with van der Waals surface area (Å²) in [5.41, 5.74) is 1.44. The number of sulfonamides is 1. The molecule has 1 spiro atoms. The highest BCUT2D eigenvalue weighted by molar-refractivity contribution is 8.21. The van der Waals surface area contributed by atoms with E-state index in [4.69, 9.17) is 0 Å². The van der Waals surface area contributed by atoms with Crippen molar-refractivity contribution in [1.82, 2.24) is 0 Å². The quantitative estimate of drug-likeness (QED) is 0.778. The van der Waals surface area contributed by atoms with E-state index in [1.54, 1.807) is 12.1 Å². The third-order valence-electron chi connectivity index (χ3n) is 6.77. The first-order chi connectivity index (χ1) is 13.5. The average molecular weight is 439 g/mol. The van der Waals surface area contributed by atoms with E-state index in [0.717, 1.165) is 18.5 Å². The molecular formula is C20H26N2O3S3. The maximum atomic E-state index is 12.9. The second-order valence-corrected chi connectivity index (χ2v) is 13.4. The lowest BCUT2D eigenvalue weighted by Gasteiger charge is -2.42. The molecule has 2 atom stereocenters. The van der Waals surface area contributed by atoms with Crippen LogP contribution < -0.4 is 9.62 Å². The fourth-order valence-corrected chi connectivity index (χ4v) is 11.0. The Kier molecular flexibility index (Phi) is 4.87. The van der Waals surface area contributed by atoms with Crippen molar-refractivity contribution in [2.24, 2.45) is 17.8 Å². The van der Waals surface area contributed by atoms with Crippen molar-refractivity contribution < 1.29 is 13.2 Å². The number of nitrogens with one attached hydrogen (secondary N) is 1. The predicted octanol–water partition coefficient (Wildman–Crippen LogP) is 3.78. The summed E-state index contributed by atoms with van der Waals surface area (Å²) in [7, 11) is -3.17. The number of rotatable bonds is 3. The SMILES string of the molecule is O=C(Nc1ccc(N2CCCS2(=O)=O)cc1)C1CC2CCC(C1)C21SCCS1. The Bertz CT molecular complexity index is 849. The summed E-state index contributed by atoms with van der Waals surface area (Å²) in [6, 6.07) is 7.24. The van der Waals surface area contributed by atoms with Crippen molar-refractivity contribution in [3.8, 4) is 0 Å². The molecule has 4 aliphatic rings. The van der Waals surface area contributed by atoms with Gasteiger partial charge < -0.3 is 5.32 Å². The van der Waals surface area contributed by atoms with Gasteiger partial charge in [0.05, 0.1) is 15.5 Å². The van der Waals surface area contributed by atoms with E-state index >= 15 is 0 Å². The van der Waals surface area contributed by atoms with E-state index in [9.17, 15) is 13.2 Å². The first-order valence-electron chi connectivity index (χ1n) is 10.2. The summed E-state index contributed by atoms with van der Waals surface area (Å²) in [5, 5.41) is 3.08. The topological polar surface area (TPSA) is 66.5 Å². The van der Waals surface area contributed by atoms with E-state index in [1.165, 1.54) is 28.7 Å². The molecule has 1 N–H and O–H groups in total. The summed E-state index contributed by atoms with van der Waals surface area (Å²) in [6.45, 7) is 0.538. The molecule has 28 heavy (non-hydrogen) atoms. The molecule has 2 bridgehead atoms. The Morgan fingerprint density at radius 3 is 2.29 bits per heavy atom. The molecule has 0 aromatic heterocycles. The normalized spacial score (nSPS) is 32.7. The van der Waals surface area contributed by atoms with Gasteiger partial charge in [0.1, 0.15) is 0 Å². The van der Waals surface area contributed by atoms with Crippen molar-refractivity contribution in [2.75, 3.05) is 33.4 Å². The minimum Gasteiger partial charge on any atom is -0.326 e. The van der Waals surface area contributed by atoms with E-state index in [2.05, 4.69) is 28.8 Å². The zero-order valence-corrected chi connectivity index (χ0v) is 18.3. The Labute approximate surface area is 175 Å². The van der Waals surface area contributed by atoms with Crippen LogP contribution in [0.15, 0.2) is 24.3 Å². The van der Waals surface area contributed by atoms with E-state index < -0.39 is 10.0 Å². The van der Waals surface area contributed by atoms with Crippen LogP contribution in [0.1, 0.15) is 32.1 Å². The maximum Gasteiger partial charge on any atom is 0.235 e.